The summed E-state index contributed by atoms with van der Waals surface area (Å²) >= 11 is 5.80. The van der Waals surface area contributed by atoms with Gasteiger partial charge in [-0.3, -0.25) is 0 Å². The Morgan fingerprint density at radius 2 is 1.81 bits per heavy atom. The van der Waals surface area contributed by atoms with Gasteiger partial charge in [0, 0.05) is 17.6 Å². The summed E-state index contributed by atoms with van der Waals surface area (Å²) in [6.45, 7) is 0.143. The van der Waals surface area contributed by atoms with Crippen LogP contribution in [0.1, 0.15) is 0 Å². The van der Waals surface area contributed by atoms with Crippen molar-refractivity contribution in [1.29, 1.82) is 0 Å². The van der Waals surface area contributed by atoms with Crippen molar-refractivity contribution in [1.82, 2.24) is 24.5 Å². The number of para-hydroxylation sites is 1. The van der Waals surface area contributed by atoms with E-state index in [-0.39, 0.29) is 18.0 Å². The molecule has 160 valence electrons. The van der Waals surface area contributed by atoms with Gasteiger partial charge in [-0.25, -0.2) is 13.1 Å². The maximum atomic E-state index is 12.3. The van der Waals surface area contributed by atoms with Crippen LogP contribution in [0.2, 0.25) is 5.02 Å². The van der Waals surface area contributed by atoms with E-state index in [0.29, 0.717) is 28.1 Å². The summed E-state index contributed by atoms with van der Waals surface area (Å²) in [5, 5.41) is 13.2. The fourth-order valence-corrected chi connectivity index (χ4v) is 4.01. The molecule has 0 fully saturated rings. The average Bonchev–Trinajstić information content (AvgIpc) is 3.20. The second-order valence-electron chi connectivity index (χ2n) is 6.37. The minimum Gasteiger partial charge on any atom is -0.496 e. The molecule has 31 heavy (non-hydrogen) atoms. The van der Waals surface area contributed by atoms with Gasteiger partial charge in [-0.05, 0) is 42.5 Å². The molecule has 0 radical (unpaired) electrons. The fraction of sp³-hybridized carbons (Fsp3) is 0.150. The van der Waals surface area contributed by atoms with E-state index in [2.05, 4.69) is 20.0 Å². The van der Waals surface area contributed by atoms with Crippen molar-refractivity contribution < 1.29 is 17.9 Å². The molecule has 0 aliphatic heterocycles. The standard InChI is InChI=1S/C20H18ClN5O4S/c1-29-17-5-3-2-4-16(17)20-24-23-18-10-11-19(25-26(18)20)30-13-12-22-31(27,28)15-8-6-14(21)7-9-15/h2-11,22H,12-13H2,1H3. The molecule has 0 bridgehead atoms. The summed E-state index contributed by atoms with van der Waals surface area (Å²) in [6.07, 6.45) is 0. The van der Waals surface area contributed by atoms with E-state index in [0.717, 1.165) is 5.56 Å². The van der Waals surface area contributed by atoms with Crippen LogP contribution in [0.5, 0.6) is 11.6 Å². The molecule has 0 aliphatic carbocycles. The largest absolute Gasteiger partial charge is 0.496 e. The lowest BCUT2D eigenvalue weighted by atomic mass is 10.2. The van der Waals surface area contributed by atoms with Crippen LogP contribution in [-0.4, -0.2) is 48.5 Å². The monoisotopic (exact) mass is 459 g/mol. The van der Waals surface area contributed by atoms with Crippen LogP contribution in [0.4, 0.5) is 0 Å². The molecule has 11 heteroatoms. The molecule has 0 aliphatic rings. The molecular formula is C20H18ClN5O4S. The molecule has 9 nitrogen and oxygen atoms in total. The quantitative estimate of drug-likeness (QED) is 0.403. The van der Waals surface area contributed by atoms with E-state index in [9.17, 15) is 8.42 Å². The van der Waals surface area contributed by atoms with E-state index in [1.165, 1.54) is 24.3 Å². The predicted molar refractivity (Wildman–Crippen MR) is 115 cm³/mol. The van der Waals surface area contributed by atoms with E-state index < -0.39 is 10.0 Å². The minimum atomic E-state index is -3.66. The second kappa shape index (κ2) is 8.88. The van der Waals surface area contributed by atoms with Crippen LogP contribution in [-0.2, 0) is 10.0 Å². The molecule has 4 rings (SSSR count). The van der Waals surface area contributed by atoms with Crippen LogP contribution >= 0.6 is 11.6 Å². The SMILES string of the molecule is COc1ccccc1-c1nnc2ccc(OCCNS(=O)(=O)c3ccc(Cl)cc3)nn12. The molecule has 0 atom stereocenters. The highest BCUT2D eigenvalue weighted by Crippen LogP contribution is 2.28. The number of nitrogens with zero attached hydrogens (tertiary/aromatic N) is 4. The number of rotatable bonds is 8. The van der Waals surface area contributed by atoms with Gasteiger partial charge in [0.1, 0.15) is 12.4 Å². The zero-order valence-corrected chi connectivity index (χ0v) is 18.0. The molecule has 4 aromatic rings. The Bertz CT molecular complexity index is 1310. The zero-order valence-electron chi connectivity index (χ0n) is 16.4. The number of sulfonamides is 1. The lowest BCUT2D eigenvalue weighted by Crippen LogP contribution is -2.28. The molecule has 2 aromatic carbocycles. The average molecular weight is 460 g/mol. The number of benzene rings is 2. The number of methoxy groups -OCH3 is 1. The molecule has 1 N–H and O–H groups in total. The third-order valence-electron chi connectivity index (χ3n) is 4.35. The molecule has 0 saturated carbocycles. The highest BCUT2D eigenvalue weighted by molar-refractivity contribution is 7.89. The smallest absolute Gasteiger partial charge is 0.240 e. The molecule has 0 amide bonds. The molecule has 0 saturated heterocycles. The number of halogens is 1. The van der Waals surface area contributed by atoms with Crippen molar-refractivity contribution in [3.05, 3.63) is 65.7 Å². The van der Waals surface area contributed by atoms with Crippen molar-refractivity contribution in [3.63, 3.8) is 0 Å². The normalized spacial score (nSPS) is 11.5. The van der Waals surface area contributed by atoms with E-state index in [1.54, 1.807) is 23.8 Å². The Morgan fingerprint density at radius 3 is 2.58 bits per heavy atom. The van der Waals surface area contributed by atoms with Crippen molar-refractivity contribution >= 4 is 27.3 Å². The Morgan fingerprint density at radius 1 is 1.03 bits per heavy atom. The maximum absolute atomic E-state index is 12.3. The molecule has 0 unspecified atom stereocenters. The minimum absolute atomic E-state index is 0.0617. The van der Waals surface area contributed by atoms with Gasteiger partial charge in [-0.1, -0.05) is 23.7 Å². The van der Waals surface area contributed by atoms with Crippen molar-refractivity contribution in [2.24, 2.45) is 0 Å². The summed E-state index contributed by atoms with van der Waals surface area (Å²) in [4.78, 5) is 0.127. The van der Waals surface area contributed by atoms with Crippen molar-refractivity contribution in [3.8, 4) is 23.0 Å². The second-order valence-corrected chi connectivity index (χ2v) is 8.57. The zero-order chi connectivity index (χ0) is 21.8. The van der Waals surface area contributed by atoms with Crippen LogP contribution in [0.3, 0.4) is 0 Å². The fourth-order valence-electron chi connectivity index (χ4n) is 2.88. The Balaban J connectivity index is 1.45. The van der Waals surface area contributed by atoms with Gasteiger partial charge in [0.2, 0.25) is 15.9 Å². The van der Waals surface area contributed by atoms with Crippen LogP contribution < -0.4 is 14.2 Å². The van der Waals surface area contributed by atoms with Gasteiger partial charge in [0.15, 0.2) is 11.5 Å². The van der Waals surface area contributed by atoms with E-state index in [4.69, 9.17) is 21.1 Å². The van der Waals surface area contributed by atoms with Crippen LogP contribution in [0.25, 0.3) is 17.0 Å². The molecule has 2 heterocycles. The first-order valence-electron chi connectivity index (χ1n) is 9.22. The van der Waals surface area contributed by atoms with E-state index in [1.807, 2.05) is 24.3 Å². The third-order valence-corrected chi connectivity index (χ3v) is 6.08. The van der Waals surface area contributed by atoms with Gasteiger partial charge in [0.25, 0.3) is 0 Å². The predicted octanol–water partition coefficient (Wildman–Crippen LogP) is 2.81. The molecule has 0 spiro atoms. The van der Waals surface area contributed by atoms with Gasteiger partial charge < -0.3 is 9.47 Å². The molecular weight excluding hydrogens is 442 g/mol. The van der Waals surface area contributed by atoms with Crippen molar-refractivity contribution in [2.75, 3.05) is 20.3 Å². The lowest BCUT2D eigenvalue weighted by Gasteiger charge is -2.09. The van der Waals surface area contributed by atoms with Crippen LogP contribution in [0.15, 0.2) is 65.6 Å². The van der Waals surface area contributed by atoms with E-state index >= 15 is 0 Å². The van der Waals surface area contributed by atoms with Gasteiger partial charge in [0.05, 0.1) is 17.6 Å². The molecule has 2 aromatic heterocycles. The first kappa shape index (κ1) is 21.0. The Hall–Kier alpha value is -3.21. The lowest BCUT2D eigenvalue weighted by molar-refractivity contribution is 0.306. The number of fused-ring (bicyclic) bond motifs is 1. The topological polar surface area (TPSA) is 108 Å². The van der Waals surface area contributed by atoms with Crippen molar-refractivity contribution in [2.45, 2.75) is 4.90 Å². The summed E-state index contributed by atoms with van der Waals surface area (Å²) in [5.41, 5.74) is 1.27. The highest BCUT2D eigenvalue weighted by atomic mass is 35.5. The van der Waals surface area contributed by atoms with Crippen LogP contribution in [0, 0.1) is 0 Å². The Labute approximate surface area is 183 Å². The number of aromatic nitrogens is 4. The number of ether oxygens (including phenoxy) is 2. The first-order chi connectivity index (χ1) is 15.0. The summed E-state index contributed by atoms with van der Waals surface area (Å²) < 4.78 is 39.6. The number of nitrogens with one attached hydrogen (secondary N) is 1. The number of hydrogen-bond donors (Lipinski definition) is 1. The summed E-state index contributed by atoms with van der Waals surface area (Å²) in [5.74, 6) is 1.44. The summed E-state index contributed by atoms with van der Waals surface area (Å²) in [6, 6.07) is 16.7. The third kappa shape index (κ3) is 4.61. The highest BCUT2D eigenvalue weighted by Gasteiger charge is 2.15. The first-order valence-corrected chi connectivity index (χ1v) is 11.1. The van der Waals surface area contributed by atoms with Gasteiger partial charge >= 0.3 is 0 Å². The summed E-state index contributed by atoms with van der Waals surface area (Å²) in [7, 11) is -2.08. The Kier molecular flexibility index (Phi) is 6.03. The number of hydrogen-bond acceptors (Lipinski definition) is 7. The maximum Gasteiger partial charge on any atom is 0.240 e. The van der Waals surface area contributed by atoms with Gasteiger partial charge in [-0.15, -0.1) is 15.3 Å². The van der Waals surface area contributed by atoms with Gasteiger partial charge in [-0.2, -0.15) is 4.52 Å².